The normalized spacial score (nSPS) is 22.2. The van der Waals surface area contributed by atoms with Crippen molar-refractivity contribution < 1.29 is 28.7 Å². The summed E-state index contributed by atoms with van der Waals surface area (Å²) in [5, 5.41) is 16.4. The molecule has 4 heterocycles. The Labute approximate surface area is 269 Å². The Morgan fingerprint density at radius 1 is 1.11 bits per heavy atom. The third kappa shape index (κ3) is 6.08. The van der Waals surface area contributed by atoms with Crippen LogP contribution in [0, 0.1) is 11.7 Å². The molecule has 1 aromatic carbocycles. The van der Waals surface area contributed by atoms with E-state index in [1.54, 1.807) is 12.2 Å². The van der Waals surface area contributed by atoms with Gasteiger partial charge in [0, 0.05) is 37.5 Å². The molecular formula is C32H33FN6O6S. The number of allylic oxidation sites excluding steroid dienone is 3. The SMILES string of the molecule is O=C(CN1CCN(C(=O)C2=CC=CCC2=S)CC1=O)NC12CCC(CC1)Cn1c2nc(C(=O)NCc2ccc(F)cc2)c(O)c1=O. The number of rotatable bonds is 7. The zero-order valence-corrected chi connectivity index (χ0v) is 25.8. The summed E-state index contributed by atoms with van der Waals surface area (Å²) in [5.74, 6) is -2.85. The molecule has 12 nitrogen and oxygen atoms in total. The third-order valence-corrected chi connectivity index (χ3v) is 9.49. The molecule has 2 bridgehead atoms. The van der Waals surface area contributed by atoms with Crippen molar-refractivity contribution in [3.63, 3.8) is 0 Å². The number of nitrogens with one attached hydrogen (secondary N) is 2. The predicted molar refractivity (Wildman–Crippen MR) is 167 cm³/mol. The lowest BCUT2D eigenvalue weighted by molar-refractivity contribution is -0.145. The average Bonchev–Trinajstić information content (AvgIpc) is 3.29. The fraction of sp³-hybridized carbons (Fsp3) is 0.406. The second-order valence-electron chi connectivity index (χ2n) is 12.1. The smallest absolute Gasteiger partial charge is 0.296 e. The molecule has 3 N–H and O–H groups in total. The number of halogens is 1. The van der Waals surface area contributed by atoms with Crippen molar-refractivity contribution in [1.29, 1.82) is 0 Å². The number of nitrogens with zero attached hydrogens (tertiary/aromatic N) is 4. The summed E-state index contributed by atoms with van der Waals surface area (Å²) in [7, 11) is 0. The van der Waals surface area contributed by atoms with Gasteiger partial charge in [-0.1, -0.05) is 36.5 Å². The van der Waals surface area contributed by atoms with Crippen molar-refractivity contribution in [3.8, 4) is 5.75 Å². The molecule has 0 unspecified atom stereocenters. The van der Waals surface area contributed by atoms with E-state index in [0.29, 0.717) is 48.1 Å². The number of carbonyl (C=O) groups is 4. The van der Waals surface area contributed by atoms with Crippen LogP contribution in [0.2, 0.25) is 0 Å². The highest BCUT2D eigenvalue weighted by molar-refractivity contribution is 7.81. The Balaban J connectivity index is 1.18. The molecule has 2 aromatic rings. The van der Waals surface area contributed by atoms with Crippen LogP contribution in [0.4, 0.5) is 4.39 Å². The van der Waals surface area contributed by atoms with Crippen molar-refractivity contribution in [2.24, 2.45) is 5.92 Å². The summed E-state index contributed by atoms with van der Waals surface area (Å²) in [6.45, 7) is 0.249. The molecule has 2 aliphatic carbocycles. The van der Waals surface area contributed by atoms with E-state index in [9.17, 15) is 33.5 Å². The maximum atomic E-state index is 13.5. The molecule has 14 heteroatoms. The van der Waals surface area contributed by atoms with Crippen LogP contribution in [0.1, 0.15) is 54.0 Å². The topological polar surface area (TPSA) is 154 Å². The van der Waals surface area contributed by atoms with Crippen LogP contribution in [0.25, 0.3) is 0 Å². The Morgan fingerprint density at radius 3 is 2.54 bits per heavy atom. The number of benzene rings is 1. The molecule has 2 fully saturated rings. The minimum Gasteiger partial charge on any atom is -0.501 e. The van der Waals surface area contributed by atoms with E-state index in [1.807, 2.05) is 6.08 Å². The van der Waals surface area contributed by atoms with E-state index < -0.39 is 40.2 Å². The third-order valence-electron chi connectivity index (χ3n) is 9.11. The number of hydrogen-bond acceptors (Lipinski definition) is 8. The second-order valence-corrected chi connectivity index (χ2v) is 12.6. The van der Waals surface area contributed by atoms with Gasteiger partial charge in [0.05, 0.1) is 17.7 Å². The van der Waals surface area contributed by atoms with E-state index >= 15 is 0 Å². The molecule has 1 aromatic heterocycles. The Bertz CT molecular complexity index is 1740. The fourth-order valence-electron chi connectivity index (χ4n) is 6.55. The standard InChI is InChI=1S/C32H33FN6O6S/c33-21-7-5-19(6-8-21)15-34-28(43)26-27(42)30(45)39-16-20-9-11-32(12-10-20,31(39)35-26)36-24(40)17-37-13-14-38(18-25(37)41)29(44)22-3-1-2-4-23(22)46/h1-3,5-8,20,42H,4,9-18H2,(H,34,43)(H,36,40). The molecule has 1 saturated heterocycles. The molecule has 1 saturated carbocycles. The van der Waals surface area contributed by atoms with E-state index in [4.69, 9.17) is 12.2 Å². The summed E-state index contributed by atoms with van der Waals surface area (Å²) in [5.41, 5.74) is -1.33. The molecule has 7 rings (SSSR count). The predicted octanol–water partition coefficient (Wildman–Crippen LogP) is 1.46. The summed E-state index contributed by atoms with van der Waals surface area (Å²) >= 11 is 5.31. The van der Waals surface area contributed by atoms with Crippen LogP contribution in [0.5, 0.6) is 5.75 Å². The second kappa shape index (κ2) is 12.6. The van der Waals surface area contributed by atoms with Gasteiger partial charge in [-0.15, -0.1) is 0 Å². The summed E-state index contributed by atoms with van der Waals surface area (Å²) < 4.78 is 14.6. The Kier molecular flexibility index (Phi) is 8.55. The maximum Gasteiger partial charge on any atom is 0.296 e. The molecule has 0 spiro atoms. The molecule has 240 valence electrons. The van der Waals surface area contributed by atoms with Crippen LogP contribution in [0.3, 0.4) is 0 Å². The zero-order valence-electron chi connectivity index (χ0n) is 25.0. The van der Waals surface area contributed by atoms with Crippen LogP contribution in [-0.4, -0.2) is 79.1 Å². The first-order chi connectivity index (χ1) is 22.0. The highest BCUT2D eigenvalue weighted by atomic mass is 32.1. The molecular weight excluding hydrogens is 615 g/mol. The van der Waals surface area contributed by atoms with E-state index in [2.05, 4.69) is 15.6 Å². The van der Waals surface area contributed by atoms with Gasteiger partial charge < -0.3 is 25.5 Å². The number of carbonyl (C=O) groups excluding carboxylic acids is 4. The van der Waals surface area contributed by atoms with Gasteiger partial charge in [-0.05, 0) is 55.4 Å². The highest BCUT2D eigenvalue weighted by Gasteiger charge is 2.46. The van der Waals surface area contributed by atoms with E-state index in [0.717, 1.165) is 0 Å². The van der Waals surface area contributed by atoms with Gasteiger partial charge in [-0.3, -0.25) is 28.5 Å². The minimum atomic E-state index is -1.10. The number of piperazine rings is 1. The summed E-state index contributed by atoms with van der Waals surface area (Å²) in [4.78, 5) is 73.8. The largest absolute Gasteiger partial charge is 0.501 e. The molecule has 46 heavy (non-hydrogen) atoms. The monoisotopic (exact) mass is 648 g/mol. The number of thiocarbonyl (C=S) groups is 1. The minimum absolute atomic E-state index is 0.0107. The van der Waals surface area contributed by atoms with Crippen molar-refractivity contribution in [2.75, 3.05) is 26.2 Å². The number of fused-ring (bicyclic) bond motifs is 2. The van der Waals surface area contributed by atoms with Gasteiger partial charge in [0.1, 0.15) is 18.2 Å². The number of aromatic nitrogens is 2. The van der Waals surface area contributed by atoms with Gasteiger partial charge in [0.15, 0.2) is 5.69 Å². The first kappa shape index (κ1) is 31.3. The highest BCUT2D eigenvalue weighted by Crippen LogP contribution is 2.43. The Morgan fingerprint density at radius 2 is 1.85 bits per heavy atom. The lowest BCUT2D eigenvalue weighted by Crippen LogP contribution is -2.57. The van der Waals surface area contributed by atoms with Crippen molar-refractivity contribution >= 4 is 40.7 Å². The van der Waals surface area contributed by atoms with Gasteiger partial charge >= 0.3 is 0 Å². The van der Waals surface area contributed by atoms with E-state index in [1.165, 1.54) is 38.6 Å². The van der Waals surface area contributed by atoms with Gasteiger partial charge in [0.25, 0.3) is 17.4 Å². The number of hydrogen-bond donors (Lipinski definition) is 3. The summed E-state index contributed by atoms with van der Waals surface area (Å²) in [6, 6.07) is 5.51. The van der Waals surface area contributed by atoms with Gasteiger partial charge in [-0.25, -0.2) is 9.37 Å². The molecule has 0 radical (unpaired) electrons. The first-order valence-electron chi connectivity index (χ1n) is 15.2. The zero-order chi connectivity index (χ0) is 32.6. The van der Waals surface area contributed by atoms with Crippen LogP contribution in [-0.2, 0) is 33.0 Å². The van der Waals surface area contributed by atoms with Crippen LogP contribution >= 0.6 is 12.2 Å². The van der Waals surface area contributed by atoms with Crippen LogP contribution in [0.15, 0.2) is 52.9 Å². The van der Waals surface area contributed by atoms with E-state index in [-0.39, 0.29) is 62.8 Å². The van der Waals surface area contributed by atoms with Crippen molar-refractivity contribution in [2.45, 2.75) is 50.7 Å². The first-order valence-corrected chi connectivity index (χ1v) is 15.6. The van der Waals surface area contributed by atoms with Crippen molar-refractivity contribution in [3.05, 3.63) is 81.3 Å². The molecule has 5 aliphatic rings. The van der Waals surface area contributed by atoms with Gasteiger partial charge in [0.2, 0.25) is 17.6 Å². The lowest BCUT2D eigenvalue weighted by Gasteiger charge is -2.39. The number of amides is 4. The van der Waals surface area contributed by atoms with Crippen LogP contribution < -0.4 is 16.2 Å². The van der Waals surface area contributed by atoms with Gasteiger partial charge in [-0.2, -0.15) is 0 Å². The fourth-order valence-corrected chi connectivity index (χ4v) is 6.81. The molecule has 0 atom stereocenters. The quantitative estimate of drug-likeness (QED) is 0.382. The molecule has 4 amide bonds. The Hall–Kier alpha value is -4.72. The lowest BCUT2D eigenvalue weighted by atomic mass is 9.77. The van der Waals surface area contributed by atoms with Crippen molar-refractivity contribution in [1.82, 2.24) is 30.0 Å². The molecule has 3 aliphatic heterocycles. The maximum absolute atomic E-state index is 13.5. The average molecular weight is 649 g/mol. The summed E-state index contributed by atoms with van der Waals surface area (Å²) in [6.07, 6.45) is 8.04. The number of aromatic hydroxyl groups is 1.